The molecule has 2 amide bonds. The van der Waals surface area contributed by atoms with Crippen molar-refractivity contribution >= 4 is 27.5 Å². The molecule has 1 fully saturated rings. The zero-order valence-corrected chi connectivity index (χ0v) is 21.4. The molecular weight excluding hydrogens is 469 g/mol. The van der Waals surface area contributed by atoms with Crippen LogP contribution in [0, 0.1) is 12.7 Å². The summed E-state index contributed by atoms with van der Waals surface area (Å²) >= 11 is 0. The molecule has 0 saturated heterocycles. The number of rotatable bonds is 10. The summed E-state index contributed by atoms with van der Waals surface area (Å²) in [7, 11) is -3.98. The van der Waals surface area contributed by atoms with Crippen molar-refractivity contribution in [3.05, 3.63) is 65.5 Å². The van der Waals surface area contributed by atoms with Crippen molar-refractivity contribution in [2.24, 2.45) is 0 Å². The fraction of sp³-hybridized carbons (Fsp3) is 0.462. The number of para-hydroxylation sites is 1. The van der Waals surface area contributed by atoms with Crippen LogP contribution in [0.1, 0.15) is 50.2 Å². The smallest absolute Gasteiger partial charge is 0.244 e. The summed E-state index contributed by atoms with van der Waals surface area (Å²) in [6.07, 6.45) is 5.21. The number of nitrogens with zero attached hydrogens (tertiary/aromatic N) is 2. The number of sulfonamides is 1. The van der Waals surface area contributed by atoms with Gasteiger partial charge in [0.05, 0.1) is 11.9 Å². The Kier molecular flexibility index (Phi) is 8.88. The summed E-state index contributed by atoms with van der Waals surface area (Å²) in [6, 6.07) is 12.3. The molecule has 0 unspecified atom stereocenters. The molecule has 2 aromatic rings. The number of hydrogen-bond donors (Lipinski definition) is 1. The maximum absolute atomic E-state index is 14.5. The number of amides is 2. The molecule has 9 heteroatoms. The minimum absolute atomic E-state index is 0.0814. The van der Waals surface area contributed by atoms with Crippen LogP contribution in [0.15, 0.2) is 48.5 Å². The molecule has 190 valence electrons. The van der Waals surface area contributed by atoms with Gasteiger partial charge in [0.2, 0.25) is 21.8 Å². The van der Waals surface area contributed by atoms with Gasteiger partial charge in [0.15, 0.2) is 0 Å². The van der Waals surface area contributed by atoms with E-state index in [0.717, 1.165) is 53.4 Å². The zero-order valence-electron chi connectivity index (χ0n) is 20.5. The number of halogens is 1. The van der Waals surface area contributed by atoms with E-state index in [-0.39, 0.29) is 24.2 Å². The predicted octanol–water partition coefficient (Wildman–Crippen LogP) is 3.77. The average molecular weight is 504 g/mol. The minimum Gasteiger partial charge on any atom is -0.352 e. The van der Waals surface area contributed by atoms with Crippen molar-refractivity contribution in [2.45, 2.75) is 64.6 Å². The number of carbonyl (C=O) groups is 2. The lowest BCUT2D eigenvalue weighted by Crippen LogP contribution is -2.53. The Bertz CT molecular complexity index is 1150. The molecule has 0 heterocycles. The Hall–Kier alpha value is -2.94. The summed E-state index contributed by atoms with van der Waals surface area (Å²) in [5, 5.41) is 3.07. The number of hydrogen-bond acceptors (Lipinski definition) is 4. The number of anilines is 1. The van der Waals surface area contributed by atoms with E-state index >= 15 is 0 Å². The molecule has 0 radical (unpaired) electrons. The number of carbonyl (C=O) groups excluding carboxylic acids is 2. The maximum atomic E-state index is 14.5. The molecule has 35 heavy (non-hydrogen) atoms. The highest BCUT2D eigenvalue weighted by atomic mass is 32.2. The Labute approximate surface area is 207 Å². The van der Waals surface area contributed by atoms with Gasteiger partial charge < -0.3 is 10.2 Å². The third-order valence-corrected chi connectivity index (χ3v) is 7.62. The molecule has 2 aromatic carbocycles. The van der Waals surface area contributed by atoms with E-state index < -0.39 is 34.3 Å². The van der Waals surface area contributed by atoms with Crippen LogP contribution in [-0.2, 0) is 26.2 Å². The van der Waals surface area contributed by atoms with Crippen LogP contribution in [-0.4, -0.2) is 50.0 Å². The number of benzene rings is 2. The standard InChI is InChI=1S/C26H34FN3O4S/c1-4-23(26(32)28-21-13-7-8-14-21)29(17-20-12-6-5-11-19(20)2)25(31)18-30(35(3,33)34)24-16-10-9-15-22(24)27/h5-6,9-12,15-16,21,23H,4,7-8,13-14,17-18H2,1-3H3,(H,28,32)/t23-/m0/s1. The van der Waals surface area contributed by atoms with Gasteiger partial charge in [0.1, 0.15) is 18.4 Å². The summed E-state index contributed by atoms with van der Waals surface area (Å²) in [6.45, 7) is 3.26. The van der Waals surface area contributed by atoms with Crippen molar-refractivity contribution in [1.82, 2.24) is 10.2 Å². The first-order valence-electron chi connectivity index (χ1n) is 12.0. The lowest BCUT2D eigenvalue weighted by Gasteiger charge is -2.33. The first-order valence-corrected chi connectivity index (χ1v) is 13.8. The number of nitrogens with one attached hydrogen (secondary N) is 1. The van der Waals surface area contributed by atoms with Gasteiger partial charge in [-0.1, -0.05) is 56.2 Å². The Morgan fingerprint density at radius 1 is 1.09 bits per heavy atom. The molecular formula is C26H34FN3O4S. The highest BCUT2D eigenvalue weighted by Crippen LogP contribution is 2.24. The zero-order chi connectivity index (χ0) is 25.6. The molecule has 0 spiro atoms. The van der Waals surface area contributed by atoms with Crippen LogP contribution in [0.2, 0.25) is 0 Å². The summed E-state index contributed by atoms with van der Waals surface area (Å²) in [4.78, 5) is 28.3. The third-order valence-electron chi connectivity index (χ3n) is 6.49. The number of aryl methyl sites for hydroxylation is 1. The van der Waals surface area contributed by atoms with E-state index in [9.17, 15) is 22.4 Å². The molecule has 1 atom stereocenters. The largest absolute Gasteiger partial charge is 0.352 e. The third kappa shape index (κ3) is 6.81. The lowest BCUT2D eigenvalue weighted by atomic mass is 10.1. The second-order valence-electron chi connectivity index (χ2n) is 9.08. The molecule has 1 saturated carbocycles. The highest BCUT2D eigenvalue weighted by molar-refractivity contribution is 7.92. The predicted molar refractivity (Wildman–Crippen MR) is 135 cm³/mol. The van der Waals surface area contributed by atoms with Crippen LogP contribution in [0.3, 0.4) is 0 Å². The summed E-state index contributed by atoms with van der Waals surface area (Å²) in [5.74, 6) is -1.57. The van der Waals surface area contributed by atoms with Gasteiger partial charge in [-0.3, -0.25) is 13.9 Å². The van der Waals surface area contributed by atoms with Crippen molar-refractivity contribution in [1.29, 1.82) is 0 Å². The van der Waals surface area contributed by atoms with Crippen LogP contribution in [0.25, 0.3) is 0 Å². The van der Waals surface area contributed by atoms with Crippen LogP contribution in [0.5, 0.6) is 0 Å². The van der Waals surface area contributed by atoms with E-state index in [1.165, 1.54) is 23.1 Å². The van der Waals surface area contributed by atoms with Crippen LogP contribution in [0.4, 0.5) is 10.1 Å². The highest BCUT2D eigenvalue weighted by Gasteiger charge is 2.33. The fourth-order valence-corrected chi connectivity index (χ4v) is 5.36. The van der Waals surface area contributed by atoms with Crippen molar-refractivity contribution in [2.75, 3.05) is 17.1 Å². The normalized spacial score (nSPS) is 15.0. The van der Waals surface area contributed by atoms with Crippen molar-refractivity contribution < 1.29 is 22.4 Å². The van der Waals surface area contributed by atoms with Gasteiger partial charge in [-0.15, -0.1) is 0 Å². The fourth-order valence-electron chi connectivity index (χ4n) is 4.51. The Morgan fingerprint density at radius 3 is 2.31 bits per heavy atom. The second-order valence-corrected chi connectivity index (χ2v) is 11.0. The van der Waals surface area contributed by atoms with E-state index in [4.69, 9.17) is 0 Å². The van der Waals surface area contributed by atoms with E-state index in [1.54, 1.807) is 0 Å². The molecule has 1 aliphatic carbocycles. The quantitative estimate of drug-likeness (QED) is 0.535. The maximum Gasteiger partial charge on any atom is 0.244 e. The first-order chi connectivity index (χ1) is 16.6. The first kappa shape index (κ1) is 26.7. The molecule has 1 aliphatic rings. The molecule has 7 nitrogen and oxygen atoms in total. The van der Waals surface area contributed by atoms with Gasteiger partial charge in [-0.25, -0.2) is 12.8 Å². The molecule has 0 bridgehead atoms. The minimum atomic E-state index is -3.98. The van der Waals surface area contributed by atoms with E-state index in [2.05, 4.69) is 5.32 Å². The van der Waals surface area contributed by atoms with Gasteiger partial charge in [-0.05, 0) is 49.4 Å². The Balaban J connectivity index is 1.94. The van der Waals surface area contributed by atoms with Crippen LogP contribution >= 0.6 is 0 Å². The average Bonchev–Trinajstić information content (AvgIpc) is 3.31. The SMILES string of the molecule is CC[C@@H](C(=O)NC1CCCC1)N(Cc1ccccc1C)C(=O)CN(c1ccccc1F)S(C)(=O)=O. The molecule has 3 rings (SSSR count). The van der Waals surface area contributed by atoms with Gasteiger partial charge in [0.25, 0.3) is 0 Å². The monoisotopic (exact) mass is 503 g/mol. The van der Waals surface area contributed by atoms with Gasteiger partial charge in [0, 0.05) is 12.6 Å². The van der Waals surface area contributed by atoms with E-state index in [1.807, 2.05) is 38.1 Å². The lowest BCUT2D eigenvalue weighted by molar-refractivity contribution is -0.140. The molecule has 0 aromatic heterocycles. The second kappa shape index (κ2) is 11.7. The van der Waals surface area contributed by atoms with Gasteiger partial charge in [-0.2, -0.15) is 0 Å². The van der Waals surface area contributed by atoms with Gasteiger partial charge >= 0.3 is 0 Å². The summed E-state index contributed by atoms with van der Waals surface area (Å²) in [5.41, 5.74) is 1.60. The van der Waals surface area contributed by atoms with Crippen molar-refractivity contribution in [3.63, 3.8) is 0 Å². The molecule has 1 N–H and O–H groups in total. The topological polar surface area (TPSA) is 86.8 Å². The van der Waals surface area contributed by atoms with Crippen LogP contribution < -0.4 is 9.62 Å². The van der Waals surface area contributed by atoms with E-state index in [0.29, 0.717) is 6.42 Å². The Morgan fingerprint density at radius 2 is 1.71 bits per heavy atom. The molecule has 0 aliphatic heterocycles. The van der Waals surface area contributed by atoms with Crippen molar-refractivity contribution in [3.8, 4) is 0 Å². The summed E-state index contributed by atoms with van der Waals surface area (Å²) < 4.78 is 40.4.